The summed E-state index contributed by atoms with van der Waals surface area (Å²) in [6.45, 7) is 7.28. The van der Waals surface area contributed by atoms with Crippen LogP contribution in [0, 0.1) is 5.92 Å². The summed E-state index contributed by atoms with van der Waals surface area (Å²) in [5.74, 6) is 3.07. The van der Waals surface area contributed by atoms with Crippen LogP contribution in [0.4, 0.5) is 0 Å². The van der Waals surface area contributed by atoms with Gasteiger partial charge in [-0.2, -0.15) is 10.3 Å². The predicted molar refractivity (Wildman–Crippen MR) is 127 cm³/mol. The molecule has 0 atom stereocenters. The summed E-state index contributed by atoms with van der Waals surface area (Å²) < 4.78 is 2.01. The summed E-state index contributed by atoms with van der Waals surface area (Å²) in [7, 11) is 0. The molecule has 7 heteroatoms. The number of hydrogen-bond acceptors (Lipinski definition) is 5. The summed E-state index contributed by atoms with van der Waals surface area (Å²) in [5.41, 5.74) is 4.38. The fourth-order valence-electron chi connectivity index (χ4n) is 3.49. The summed E-state index contributed by atoms with van der Waals surface area (Å²) >= 11 is 0. The third-order valence-corrected chi connectivity index (χ3v) is 5.28. The van der Waals surface area contributed by atoms with Gasteiger partial charge in [0, 0.05) is 12.0 Å². The van der Waals surface area contributed by atoms with Gasteiger partial charge in [-0.25, -0.2) is 9.67 Å². The largest absolute Gasteiger partial charge is 0.242 e. The van der Waals surface area contributed by atoms with Crippen LogP contribution in [0.1, 0.15) is 50.8 Å². The van der Waals surface area contributed by atoms with Crippen molar-refractivity contribution in [1.29, 1.82) is 0 Å². The summed E-state index contributed by atoms with van der Waals surface area (Å²) in [6, 6.07) is 16.7. The number of aryl methyl sites for hydroxylation is 1. The van der Waals surface area contributed by atoms with Crippen LogP contribution in [0.3, 0.4) is 0 Å². The number of allylic oxidation sites excluding steroid dienone is 1. The van der Waals surface area contributed by atoms with Crippen LogP contribution in [-0.2, 0) is 13.0 Å². The maximum atomic E-state index is 4.78. The third-order valence-electron chi connectivity index (χ3n) is 5.28. The molecule has 1 N–H and O–H groups in total. The monoisotopic (exact) mass is 427 g/mol. The quantitative estimate of drug-likeness (QED) is 0.397. The van der Waals surface area contributed by atoms with Crippen LogP contribution in [0.25, 0.3) is 28.6 Å². The van der Waals surface area contributed by atoms with Crippen LogP contribution in [0.15, 0.2) is 54.6 Å². The Morgan fingerprint density at radius 1 is 1.03 bits per heavy atom. The lowest BCUT2D eigenvalue weighted by atomic mass is 10.0. The van der Waals surface area contributed by atoms with Crippen LogP contribution < -0.4 is 0 Å². The number of hydrogen-bond donors (Lipinski definition) is 1. The first-order valence-electron chi connectivity index (χ1n) is 11.2. The third kappa shape index (κ3) is 5.35. The second-order valence-corrected chi connectivity index (χ2v) is 8.30. The van der Waals surface area contributed by atoms with Gasteiger partial charge in [-0.3, -0.25) is 0 Å². The Bertz CT molecular complexity index is 1160. The summed E-state index contributed by atoms with van der Waals surface area (Å²) in [5, 5.41) is 19.1. The Kier molecular flexibility index (Phi) is 6.84. The molecular formula is C25H29N7. The van der Waals surface area contributed by atoms with E-state index < -0.39 is 0 Å². The molecule has 4 aromatic rings. The van der Waals surface area contributed by atoms with E-state index in [0.717, 1.165) is 47.6 Å². The maximum Gasteiger partial charge on any atom is 0.204 e. The van der Waals surface area contributed by atoms with Crippen molar-refractivity contribution in [3.8, 4) is 22.5 Å². The zero-order valence-electron chi connectivity index (χ0n) is 18.9. The van der Waals surface area contributed by atoms with Crippen molar-refractivity contribution < 1.29 is 0 Å². The topological polar surface area (TPSA) is 85.2 Å². The molecule has 0 bridgehead atoms. The van der Waals surface area contributed by atoms with Crippen LogP contribution >= 0.6 is 0 Å². The lowest BCUT2D eigenvalue weighted by Crippen LogP contribution is -2.04. The Morgan fingerprint density at radius 3 is 2.56 bits per heavy atom. The van der Waals surface area contributed by atoms with Crippen molar-refractivity contribution in [1.82, 2.24) is 35.4 Å². The SMILES string of the molecule is CC/C=C/c1nc(CCC(C)C)nn1Cc1ccc(-c2cccc(-c3nn[nH]n3)c2)cc1. The van der Waals surface area contributed by atoms with E-state index in [-0.39, 0.29) is 0 Å². The molecule has 32 heavy (non-hydrogen) atoms. The highest BCUT2D eigenvalue weighted by atomic mass is 15.5. The van der Waals surface area contributed by atoms with Gasteiger partial charge in [0.1, 0.15) is 0 Å². The average molecular weight is 428 g/mol. The van der Waals surface area contributed by atoms with E-state index in [9.17, 15) is 0 Å². The van der Waals surface area contributed by atoms with E-state index in [4.69, 9.17) is 10.1 Å². The van der Waals surface area contributed by atoms with Crippen molar-refractivity contribution in [3.63, 3.8) is 0 Å². The van der Waals surface area contributed by atoms with Gasteiger partial charge < -0.3 is 0 Å². The molecule has 0 amide bonds. The van der Waals surface area contributed by atoms with Gasteiger partial charge in [0.25, 0.3) is 0 Å². The minimum absolute atomic E-state index is 0.593. The predicted octanol–water partition coefficient (Wildman–Crippen LogP) is 5.19. The summed E-state index contributed by atoms with van der Waals surface area (Å²) in [4.78, 5) is 4.76. The Balaban J connectivity index is 1.52. The number of H-pyrrole nitrogens is 1. The Morgan fingerprint density at radius 2 is 1.84 bits per heavy atom. The highest BCUT2D eigenvalue weighted by Gasteiger charge is 2.10. The molecule has 0 aliphatic carbocycles. The zero-order valence-corrected chi connectivity index (χ0v) is 18.9. The van der Waals surface area contributed by atoms with Crippen LogP contribution in [0.5, 0.6) is 0 Å². The van der Waals surface area contributed by atoms with Gasteiger partial charge in [0.05, 0.1) is 6.54 Å². The second-order valence-electron chi connectivity index (χ2n) is 8.30. The van der Waals surface area contributed by atoms with E-state index in [1.807, 2.05) is 16.8 Å². The fourth-order valence-corrected chi connectivity index (χ4v) is 3.49. The minimum atomic E-state index is 0.593. The molecule has 164 valence electrons. The smallest absolute Gasteiger partial charge is 0.204 e. The lowest BCUT2D eigenvalue weighted by Gasteiger charge is -2.07. The number of aromatic nitrogens is 7. The second kappa shape index (κ2) is 10.1. The van der Waals surface area contributed by atoms with Gasteiger partial charge in [-0.15, -0.1) is 10.2 Å². The molecule has 0 unspecified atom stereocenters. The Hall–Kier alpha value is -3.61. The molecule has 0 aliphatic heterocycles. The number of nitrogens with one attached hydrogen (secondary N) is 1. The fraction of sp³-hybridized carbons (Fsp3) is 0.320. The van der Waals surface area contributed by atoms with Crippen LogP contribution in [-0.4, -0.2) is 35.4 Å². The van der Waals surface area contributed by atoms with Crippen molar-refractivity contribution in [3.05, 3.63) is 71.8 Å². The average Bonchev–Trinajstić information content (AvgIpc) is 3.47. The van der Waals surface area contributed by atoms with E-state index in [1.165, 1.54) is 5.56 Å². The number of aromatic amines is 1. The molecule has 4 rings (SSSR count). The van der Waals surface area contributed by atoms with Gasteiger partial charge in [0.2, 0.25) is 5.82 Å². The molecule has 0 spiro atoms. The molecule has 2 heterocycles. The van der Waals surface area contributed by atoms with E-state index >= 15 is 0 Å². The molecule has 0 aliphatic rings. The van der Waals surface area contributed by atoms with Gasteiger partial charge in [0.15, 0.2) is 11.6 Å². The van der Waals surface area contributed by atoms with Gasteiger partial charge >= 0.3 is 0 Å². The van der Waals surface area contributed by atoms with E-state index in [1.54, 1.807) is 0 Å². The number of rotatable bonds is 9. The number of nitrogens with zero attached hydrogens (tertiary/aromatic N) is 6. The molecule has 2 aromatic heterocycles. The molecule has 2 aromatic carbocycles. The highest BCUT2D eigenvalue weighted by Crippen LogP contribution is 2.24. The molecule has 7 nitrogen and oxygen atoms in total. The number of benzene rings is 2. The normalized spacial score (nSPS) is 11.6. The lowest BCUT2D eigenvalue weighted by molar-refractivity contribution is 0.569. The van der Waals surface area contributed by atoms with Gasteiger partial charge in [-0.05, 0) is 52.8 Å². The van der Waals surface area contributed by atoms with Gasteiger partial charge in [-0.1, -0.05) is 69.3 Å². The number of tetrazole rings is 1. The zero-order chi connectivity index (χ0) is 22.3. The Labute approximate surface area is 188 Å². The molecule has 0 saturated heterocycles. The van der Waals surface area contributed by atoms with Crippen molar-refractivity contribution in [2.24, 2.45) is 5.92 Å². The first-order chi connectivity index (χ1) is 15.6. The molecule has 0 radical (unpaired) electrons. The maximum absolute atomic E-state index is 4.78. The molecule has 0 saturated carbocycles. The van der Waals surface area contributed by atoms with E-state index in [2.05, 4.69) is 89.9 Å². The van der Waals surface area contributed by atoms with E-state index in [0.29, 0.717) is 18.3 Å². The standard InChI is InChI=1S/C25H29N7/c1-4-5-9-24-26-23(15-10-18(2)3)29-32(24)17-19-11-13-20(14-12-19)21-7-6-8-22(16-21)25-27-30-31-28-25/h5-9,11-14,16,18H,4,10,15,17H2,1-3H3,(H,27,28,30,31)/b9-5+. The van der Waals surface area contributed by atoms with Crippen molar-refractivity contribution in [2.45, 2.75) is 46.6 Å². The minimum Gasteiger partial charge on any atom is -0.242 e. The first-order valence-corrected chi connectivity index (χ1v) is 11.2. The first kappa shape index (κ1) is 21.6. The molecular weight excluding hydrogens is 398 g/mol. The highest BCUT2D eigenvalue weighted by molar-refractivity contribution is 5.70. The summed E-state index contributed by atoms with van der Waals surface area (Å²) in [6.07, 6.45) is 7.19. The van der Waals surface area contributed by atoms with Crippen LogP contribution in [0.2, 0.25) is 0 Å². The van der Waals surface area contributed by atoms with Crippen molar-refractivity contribution >= 4 is 6.08 Å². The van der Waals surface area contributed by atoms with Crippen molar-refractivity contribution in [2.75, 3.05) is 0 Å². The molecule has 0 fully saturated rings.